The van der Waals surface area contributed by atoms with E-state index in [1.807, 2.05) is 13.8 Å². The maximum Gasteiger partial charge on any atom is 0.326 e. The molecule has 2 aromatic carbocycles. The molecule has 7 rings (SSSR count). The summed E-state index contributed by atoms with van der Waals surface area (Å²) in [7, 11) is 0. The third-order valence-electron chi connectivity index (χ3n) is 23.2. The van der Waals surface area contributed by atoms with Crippen LogP contribution in [0.4, 0.5) is 0 Å². The fourth-order valence-corrected chi connectivity index (χ4v) is 16.2. The van der Waals surface area contributed by atoms with Crippen molar-refractivity contribution in [3.8, 4) is 11.5 Å². The van der Waals surface area contributed by atoms with Crippen LogP contribution in [0.3, 0.4) is 0 Å². The minimum absolute atomic E-state index is 0.0211. The zero-order valence-corrected chi connectivity index (χ0v) is 73.2. The van der Waals surface area contributed by atoms with Crippen molar-refractivity contribution < 1.29 is 117 Å². The number of hydrogen-bond acceptors (Lipinski definition) is 25. The predicted octanol–water partition coefficient (Wildman–Crippen LogP) is -5.90. The molecule has 127 heavy (non-hydrogen) atoms. The van der Waals surface area contributed by atoms with Gasteiger partial charge in [-0.3, -0.25) is 81.5 Å². The highest BCUT2D eigenvalue weighted by atomic mass is 16.4. The lowest BCUT2D eigenvalue weighted by Gasteiger charge is -2.34. The highest BCUT2D eigenvalue weighted by Gasteiger charge is 2.48. The number of nitrogens with two attached hydrogens (primary N) is 3. The van der Waals surface area contributed by atoms with Gasteiger partial charge >= 0.3 is 5.97 Å². The molecule has 19 atom stereocenters. The number of hydrogen-bond donors (Lipinski definition) is 20. The summed E-state index contributed by atoms with van der Waals surface area (Å²) in [5, 5.41) is 90.1. The molecule has 0 saturated carbocycles. The van der Waals surface area contributed by atoms with Crippen LogP contribution in [0, 0.1) is 11.8 Å². The van der Waals surface area contributed by atoms with Crippen molar-refractivity contribution in [3.05, 3.63) is 59.7 Å². The largest absolute Gasteiger partial charge is 0.508 e. The SMILES string of the molecule is CC(C)C[C@H](N)C(=O)N1CCC[C@H]1C(=O)N[C@H](C(=O)N[C@@H](CO)C(=O)N[C@@H](Cc1ccc(O)cc1)C(=O)N[C@@H](C)C(=O)N[C@@H](CCCCN)C(=O)N[C@@H](Cc1ccc(O)cc1)C(=O)N[C@H](C(=O)N1CCC[C@H]1C(=O)N1CCC[C@H]1C(=O)N[C@@H](CC(N)=O)C(=O)N[C@@H](C)C(=O)N[C@H](C(=O)N[C@@H](C)C(=O)N1CCC[C@H]1C(=O)N1CCC[C@H]1C(=O)O)C(C)C)[C@@H](C)O)[C@@H](C)O. The Morgan fingerprint density at radius 3 is 1.24 bits per heavy atom. The summed E-state index contributed by atoms with van der Waals surface area (Å²) in [5.74, 6) is -17.3. The zero-order chi connectivity index (χ0) is 94.1. The summed E-state index contributed by atoms with van der Waals surface area (Å²) in [6.45, 7) is 12.7. The van der Waals surface area contributed by atoms with E-state index in [1.165, 1.54) is 103 Å². The van der Waals surface area contributed by atoms with Gasteiger partial charge < -0.3 is 131 Å². The second-order valence-electron chi connectivity index (χ2n) is 34.1. The number of carbonyl (C=O) groups is 18. The number of carboxylic acid groups (broad SMARTS) is 1. The van der Waals surface area contributed by atoms with Crippen LogP contribution in [-0.2, 0) is 99.1 Å². The number of benzene rings is 2. The van der Waals surface area contributed by atoms with Crippen molar-refractivity contribution in [2.45, 2.75) is 286 Å². The summed E-state index contributed by atoms with van der Waals surface area (Å²) in [6, 6.07) is -13.1. The first-order chi connectivity index (χ1) is 60.0. The number of aliphatic hydroxyl groups is 3. The molecular weight excluding hydrogens is 1660 g/mol. The molecule has 5 saturated heterocycles. The number of nitrogens with zero attached hydrogens (tertiary/aromatic N) is 5. The van der Waals surface area contributed by atoms with Gasteiger partial charge in [0.15, 0.2) is 0 Å². The maximum atomic E-state index is 14.9. The van der Waals surface area contributed by atoms with Gasteiger partial charge in [0.05, 0.1) is 31.3 Å². The van der Waals surface area contributed by atoms with Crippen molar-refractivity contribution in [2.24, 2.45) is 29.0 Å². The van der Waals surface area contributed by atoms with Crippen molar-refractivity contribution in [3.63, 3.8) is 0 Å². The molecule has 702 valence electrons. The molecule has 2 aromatic rings. The molecule has 43 nitrogen and oxygen atoms in total. The monoisotopic (exact) mass is 1790 g/mol. The van der Waals surface area contributed by atoms with E-state index in [0.29, 0.717) is 43.2 Å². The van der Waals surface area contributed by atoms with Crippen LogP contribution in [0.2, 0.25) is 0 Å². The number of amides is 17. The number of rotatable bonds is 44. The van der Waals surface area contributed by atoms with E-state index in [0.717, 1.165) is 4.90 Å². The van der Waals surface area contributed by atoms with Crippen LogP contribution in [0.15, 0.2) is 48.5 Å². The van der Waals surface area contributed by atoms with Crippen molar-refractivity contribution in [1.29, 1.82) is 0 Å². The number of aliphatic hydroxyl groups excluding tert-OH is 3. The Kier molecular flexibility index (Phi) is 38.5. The van der Waals surface area contributed by atoms with Gasteiger partial charge in [0, 0.05) is 45.6 Å². The molecule has 5 aliphatic heterocycles. The Hall–Kier alpha value is -11.7. The fraction of sp³-hybridized carbons (Fsp3) is 0.643. The summed E-state index contributed by atoms with van der Waals surface area (Å²) in [5.41, 5.74) is 18.3. The van der Waals surface area contributed by atoms with Crippen LogP contribution in [-0.4, -0.2) is 322 Å². The lowest BCUT2D eigenvalue weighted by Crippen LogP contribution is -2.62. The number of carbonyl (C=O) groups excluding carboxylic acids is 17. The number of unbranched alkanes of at least 4 members (excludes halogenated alkanes) is 1. The Bertz CT molecular complexity index is 4270. The van der Waals surface area contributed by atoms with Gasteiger partial charge in [0.2, 0.25) is 100 Å². The second kappa shape index (κ2) is 47.7. The molecule has 23 N–H and O–H groups in total. The molecule has 0 radical (unpaired) electrons. The van der Waals surface area contributed by atoms with Gasteiger partial charge in [-0.15, -0.1) is 0 Å². The van der Waals surface area contributed by atoms with Crippen molar-refractivity contribution >= 4 is 106 Å². The Labute approximate surface area is 735 Å². The Balaban J connectivity index is 0.991. The van der Waals surface area contributed by atoms with Crippen LogP contribution in [0.25, 0.3) is 0 Å². The molecule has 0 bridgehead atoms. The molecule has 5 aliphatic rings. The normalized spacial score (nSPS) is 20.7. The molecule has 0 aromatic heterocycles. The number of phenolic OH excluding ortho intramolecular Hbond substituents is 2. The number of aromatic hydroxyl groups is 2. The molecule has 5 fully saturated rings. The Morgan fingerprint density at radius 1 is 0.402 bits per heavy atom. The topological polar surface area (TPSA) is 655 Å². The minimum Gasteiger partial charge on any atom is -0.508 e. The average molecular weight is 1790 g/mol. The third-order valence-corrected chi connectivity index (χ3v) is 23.2. The van der Waals surface area contributed by atoms with Gasteiger partial charge in [-0.1, -0.05) is 52.0 Å². The fourth-order valence-electron chi connectivity index (χ4n) is 16.2. The first-order valence-electron chi connectivity index (χ1n) is 43.3. The number of likely N-dealkylation sites (tertiary alicyclic amines) is 5. The van der Waals surface area contributed by atoms with Gasteiger partial charge in [0.1, 0.15) is 108 Å². The van der Waals surface area contributed by atoms with Crippen LogP contribution in [0.5, 0.6) is 11.5 Å². The number of carboxylic acids is 1. The summed E-state index contributed by atoms with van der Waals surface area (Å²) in [6.07, 6.45) is -1.43. The maximum absolute atomic E-state index is 14.9. The smallest absolute Gasteiger partial charge is 0.326 e. The number of nitrogens with one attached hydrogen (secondary N) is 11. The van der Waals surface area contributed by atoms with Crippen molar-refractivity contribution in [1.82, 2.24) is 83.0 Å². The first kappa shape index (κ1) is 102. The van der Waals surface area contributed by atoms with E-state index in [-0.39, 0.29) is 127 Å². The lowest BCUT2D eigenvalue weighted by molar-refractivity contribution is -0.152. The number of aliphatic carboxylic acids is 1. The summed E-state index contributed by atoms with van der Waals surface area (Å²) >= 11 is 0. The van der Waals surface area contributed by atoms with E-state index in [1.54, 1.807) is 13.8 Å². The predicted molar refractivity (Wildman–Crippen MR) is 453 cm³/mol. The standard InChI is InChI=1S/C84H127N19O24/c1-42(2)37-53(86)80(122)99-32-12-19-60(99)76(118)97-66(47(8)105)78(120)95-58(41-104)74(116)93-55(38-49-23-27-51(107)28-24-49)71(113)88-44(5)68(110)91-54(17-10-11-31-85)70(112)92-56(39-50-25-29-52(108)30-26-50)73(115)98-67(48(9)106)83(125)102-35-15-21-62(102)81(123)100-33-13-18-59(100)75(117)94-57(40-64(87)109)72(114)89-45(6)69(111)96-65(43(3)4)77(119)90-46(7)79(121)101-34-14-20-61(101)82(124)103-36-16-22-63(103)84(126)127/h23-30,42-48,53-63,65-67,104-108H,10-22,31-41,85-86H2,1-9H3,(H2,87,109)(H,88,113)(H,89,114)(H,90,119)(H,91,110)(H,92,112)(H,93,116)(H,94,117)(H,95,120)(H,96,111)(H,97,118)(H,98,115)(H,126,127)/t44-,45-,46-,47+,48+,53-,54-,55-,56-,57-,58-,59-,60-,61-,62-,63-,65-,66-,67-/m0/s1. The minimum atomic E-state index is -1.85. The molecule has 5 heterocycles. The van der Waals surface area contributed by atoms with Gasteiger partial charge in [-0.2, -0.15) is 0 Å². The van der Waals surface area contributed by atoms with Gasteiger partial charge in [-0.25, -0.2) is 4.79 Å². The van der Waals surface area contributed by atoms with Gasteiger partial charge in [0.25, 0.3) is 0 Å². The Morgan fingerprint density at radius 2 is 0.780 bits per heavy atom. The quantitative estimate of drug-likeness (QED) is 0.0275. The van der Waals surface area contributed by atoms with Crippen molar-refractivity contribution in [2.75, 3.05) is 45.9 Å². The van der Waals surface area contributed by atoms with Crippen LogP contribution >= 0.6 is 0 Å². The van der Waals surface area contributed by atoms with Crippen LogP contribution in [0.1, 0.15) is 170 Å². The molecule has 0 spiro atoms. The summed E-state index contributed by atoms with van der Waals surface area (Å²) < 4.78 is 0. The van der Waals surface area contributed by atoms with E-state index in [2.05, 4.69) is 58.5 Å². The highest BCUT2D eigenvalue weighted by Crippen LogP contribution is 2.30. The zero-order valence-electron chi connectivity index (χ0n) is 73.2. The number of phenols is 2. The second-order valence-corrected chi connectivity index (χ2v) is 34.1. The highest BCUT2D eigenvalue weighted by molar-refractivity contribution is 6.02. The molecule has 17 amide bonds. The van der Waals surface area contributed by atoms with E-state index < -0.39 is 240 Å². The molecule has 0 aliphatic carbocycles. The van der Waals surface area contributed by atoms with Gasteiger partial charge in [-0.05, 0) is 178 Å². The van der Waals surface area contributed by atoms with E-state index >= 15 is 0 Å². The number of primary amides is 1. The first-order valence-corrected chi connectivity index (χ1v) is 43.3. The van der Waals surface area contributed by atoms with E-state index in [4.69, 9.17) is 17.2 Å². The van der Waals surface area contributed by atoms with E-state index in [9.17, 15) is 117 Å². The van der Waals surface area contributed by atoms with Crippen LogP contribution < -0.4 is 75.7 Å². The average Bonchev–Trinajstić information content (AvgIpc) is 1.66. The summed E-state index contributed by atoms with van der Waals surface area (Å²) in [4.78, 5) is 257. The molecule has 0 unspecified atom stereocenters. The lowest BCUT2D eigenvalue weighted by atomic mass is 10.0. The molecular formula is C84H127N19O24. The molecule has 43 heteroatoms. The third kappa shape index (κ3) is 28.4.